The second-order valence-corrected chi connectivity index (χ2v) is 9.41. The molecule has 2 aliphatic heterocycles. The molecule has 2 aromatic rings. The first kappa shape index (κ1) is 21.4. The van der Waals surface area contributed by atoms with Gasteiger partial charge in [-0.3, -0.25) is 9.78 Å². The molecule has 1 aromatic heterocycles. The van der Waals surface area contributed by atoms with Crippen LogP contribution in [0.25, 0.3) is 11.1 Å². The van der Waals surface area contributed by atoms with E-state index in [4.69, 9.17) is 9.47 Å². The van der Waals surface area contributed by atoms with Gasteiger partial charge in [0.2, 0.25) is 0 Å². The number of amides is 1. The first-order valence-electron chi connectivity index (χ1n) is 12.0. The van der Waals surface area contributed by atoms with Crippen molar-refractivity contribution in [2.45, 2.75) is 56.6 Å². The Morgan fingerprint density at radius 3 is 2.69 bits per heavy atom. The van der Waals surface area contributed by atoms with Crippen molar-refractivity contribution in [3.05, 3.63) is 47.8 Å². The Morgan fingerprint density at radius 2 is 2.00 bits per heavy atom. The van der Waals surface area contributed by atoms with E-state index < -0.39 is 0 Å². The molecular formula is C26H33N3O3. The van der Waals surface area contributed by atoms with Crippen LogP contribution in [0.2, 0.25) is 0 Å². The third-order valence-electron chi connectivity index (χ3n) is 7.46. The summed E-state index contributed by atoms with van der Waals surface area (Å²) in [6.07, 6.45) is 10.4. The highest BCUT2D eigenvalue weighted by molar-refractivity contribution is 5.92. The molecule has 1 aliphatic carbocycles. The smallest absolute Gasteiger partial charge is 0.269 e. The molecule has 0 atom stereocenters. The number of methoxy groups -OCH3 is 1. The van der Waals surface area contributed by atoms with Gasteiger partial charge < -0.3 is 19.7 Å². The number of rotatable bonds is 6. The molecule has 3 heterocycles. The summed E-state index contributed by atoms with van der Waals surface area (Å²) < 4.78 is 11.6. The van der Waals surface area contributed by atoms with E-state index in [0.717, 1.165) is 48.6 Å². The minimum atomic E-state index is -0.180. The summed E-state index contributed by atoms with van der Waals surface area (Å²) in [7, 11) is 1.61. The topological polar surface area (TPSA) is 63.7 Å². The van der Waals surface area contributed by atoms with Gasteiger partial charge >= 0.3 is 0 Å². The highest BCUT2D eigenvalue weighted by Gasteiger charge is 2.41. The maximum atomic E-state index is 12.1. The van der Waals surface area contributed by atoms with Crippen LogP contribution in [0, 0.1) is 0 Å². The summed E-state index contributed by atoms with van der Waals surface area (Å²) in [5.74, 6) is 0.861. The first-order chi connectivity index (χ1) is 15.7. The third-order valence-corrected chi connectivity index (χ3v) is 7.46. The highest BCUT2D eigenvalue weighted by atomic mass is 16.5. The summed E-state index contributed by atoms with van der Waals surface area (Å²) in [5, 5.41) is 2.80. The summed E-state index contributed by atoms with van der Waals surface area (Å²) in [5.41, 5.74) is 3.84. The molecule has 0 radical (unpaired) electrons. The lowest BCUT2D eigenvalue weighted by atomic mass is 9.81. The summed E-state index contributed by atoms with van der Waals surface area (Å²) in [6.45, 7) is 3.31. The number of nitrogens with one attached hydrogen (secondary N) is 1. The van der Waals surface area contributed by atoms with E-state index in [0.29, 0.717) is 18.8 Å². The number of fused-ring (bicyclic) bond motifs is 1. The van der Waals surface area contributed by atoms with Crippen LogP contribution in [0.5, 0.6) is 5.75 Å². The van der Waals surface area contributed by atoms with Gasteiger partial charge in [-0.25, -0.2) is 0 Å². The number of carbonyl (C=O) groups is 1. The predicted molar refractivity (Wildman–Crippen MR) is 124 cm³/mol. The molecule has 1 amide bonds. The van der Waals surface area contributed by atoms with Gasteiger partial charge in [0, 0.05) is 44.5 Å². The molecule has 1 spiro atoms. The normalized spacial score (nSPS) is 20.3. The molecule has 32 heavy (non-hydrogen) atoms. The van der Waals surface area contributed by atoms with Crippen LogP contribution in [0.4, 0.5) is 0 Å². The zero-order valence-corrected chi connectivity index (χ0v) is 18.9. The van der Waals surface area contributed by atoms with Crippen LogP contribution in [-0.4, -0.2) is 60.8 Å². The van der Waals surface area contributed by atoms with Crippen LogP contribution >= 0.6 is 0 Å². The van der Waals surface area contributed by atoms with E-state index in [-0.39, 0.29) is 11.5 Å². The van der Waals surface area contributed by atoms with E-state index in [2.05, 4.69) is 33.4 Å². The van der Waals surface area contributed by atoms with Crippen molar-refractivity contribution in [3.8, 4) is 16.9 Å². The van der Waals surface area contributed by atoms with Crippen LogP contribution in [-0.2, 0) is 11.2 Å². The Labute approximate surface area is 190 Å². The number of hydrogen-bond acceptors (Lipinski definition) is 5. The van der Waals surface area contributed by atoms with Crippen LogP contribution in [0.1, 0.15) is 54.6 Å². The Balaban J connectivity index is 1.23. The molecule has 1 N–H and O–H groups in total. The lowest BCUT2D eigenvalue weighted by Gasteiger charge is -2.48. The lowest BCUT2D eigenvalue weighted by molar-refractivity contribution is -0.0336. The zero-order chi connectivity index (χ0) is 22.0. The average Bonchev–Trinajstić information content (AvgIpc) is 2.79. The first-order valence-corrected chi connectivity index (χ1v) is 12.0. The molecule has 5 rings (SSSR count). The van der Waals surface area contributed by atoms with Gasteiger partial charge in [0.05, 0.1) is 6.61 Å². The fraction of sp³-hybridized carbons (Fsp3) is 0.538. The number of likely N-dealkylation sites (tertiary alicyclic amines) is 1. The van der Waals surface area contributed by atoms with Crippen molar-refractivity contribution < 1.29 is 14.3 Å². The van der Waals surface area contributed by atoms with Crippen molar-refractivity contribution >= 4 is 5.91 Å². The van der Waals surface area contributed by atoms with Crippen molar-refractivity contribution in [1.29, 1.82) is 0 Å². The Morgan fingerprint density at radius 1 is 1.19 bits per heavy atom. The molecule has 1 saturated carbocycles. The van der Waals surface area contributed by atoms with Gasteiger partial charge in [0.25, 0.3) is 5.91 Å². The van der Waals surface area contributed by atoms with Crippen LogP contribution in [0.15, 0.2) is 36.5 Å². The highest BCUT2D eigenvalue weighted by Crippen LogP contribution is 2.42. The molecule has 6 nitrogen and oxygen atoms in total. The van der Waals surface area contributed by atoms with Crippen molar-refractivity contribution in [2.75, 3.05) is 33.4 Å². The molecule has 1 aromatic carbocycles. The number of ether oxygens (including phenoxy) is 2. The number of aryl methyl sites for hydroxylation is 1. The van der Waals surface area contributed by atoms with Gasteiger partial charge in [-0.2, -0.15) is 0 Å². The van der Waals surface area contributed by atoms with E-state index in [9.17, 15) is 4.79 Å². The monoisotopic (exact) mass is 435 g/mol. The van der Waals surface area contributed by atoms with E-state index in [1.54, 1.807) is 19.4 Å². The van der Waals surface area contributed by atoms with E-state index in [1.165, 1.54) is 37.9 Å². The summed E-state index contributed by atoms with van der Waals surface area (Å²) in [4.78, 5) is 19.2. The fourth-order valence-corrected chi connectivity index (χ4v) is 5.16. The zero-order valence-electron chi connectivity index (χ0n) is 18.9. The number of carbonyl (C=O) groups excluding carboxylic acids is 1. The Bertz CT molecular complexity index is 947. The molecular weight excluding hydrogens is 402 g/mol. The fourth-order valence-electron chi connectivity index (χ4n) is 5.16. The lowest BCUT2D eigenvalue weighted by Crippen LogP contribution is -2.53. The standard InChI is InChI=1S/C26H33N3O3/c1-31-16-13-27-25(30)23-7-5-21(18-28-23)19-6-8-24-20(17-19)9-10-26(32-24)11-14-29(15-12-26)22-3-2-4-22/h5-8,17-18,22H,2-4,9-16H2,1H3,(H,27,30). The second-order valence-electron chi connectivity index (χ2n) is 9.41. The van der Waals surface area contributed by atoms with E-state index in [1.807, 2.05) is 6.07 Å². The molecule has 0 bridgehead atoms. The van der Waals surface area contributed by atoms with Crippen molar-refractivity contribution in [1.82, 2.24) is 15.2 Å². The number of aromatic nitrogens is 1. The number of nitrogens with zero attached hydrogens (tertiary/aromatic N) is 2. The van der Waals surface area contributed by atoms with Gasteiger partial charge in [-0.05, 0) is 67.9 Å². The molecule has 0 unspecified atom stereocenters. The van der Waals surface area contributed by atoms with Crippen LogP contribution in [0.3, 0.4) is 0 Å². The van der Waals surface area contributed by atoms with Gasteiger partial charge in [-0.1, -0.05) is 18.6 Å². The average molecular weight is 436 g/mol. The number of pyridine rings is 1. The third kappa shape index (κ3) is 4.39. The Kier molecular flexibility index (Phi) is 6.15. The van der Waals surface area contributed by atoms with Crippen molar-refractivity contribution in [2.24, 2.45) is 0 Å². The quantitative estimate of drug-likeness (QED) is 0.699. The van der Waals surface area contributed by atoms with Crippen LogP contribution < -0.4 is 10.1 Å². The summed E-state index contributed by atoms with van der Waals surface area (Å²) >= 11 is 0. The van der Waals surface area contributed by atoms with Crippen molar-refractivity contribution in [3.63, 3.8) is 0 Å². The minimum absolute atomic E-state index is 0.0220. The second kappa shape index (κ2) is 9.20. The maximum Gasteiger partial charge on any atom is 0.269 e. The molecule has 6 heteroatoms. The largest absolute Gasteiger partial charge is 0.487 e. The number of hydrogen-bond donors (Lipinski definition) is 1. The molecule has 2 fully saturated rings. The van der Waals surface area contributed by atoms with Gasteiger partial charge in [0.1, 0.15) is 17.0 Å². The Hall–Kier alpha value is -2.44. The minimum Gasteiger partial charge on any atom is -0.487 e. The SMILES string of the molecule is COCCNC(=O)c1ccc(-c2ccc3c(c2)CCC2(CCN(C4CCC4)CC2)O3)cn1. The molecule has 3 aliphatic rings. The molecule has 1 saturated heterocycles. The summed E-state index contributed by atoms with van der Waals surface area (Å²) in [6, 6.07) is 11.0. The number of piperidine rings is 1. The maximum absolute atomic E-state index is 12.1. The van der Waals surface area contributed by atoms with Gasteiger partial charge in [-0.15, -0.1) is 0 Å². The molecule has 170 valence electrons. The van der Waals surface area contributed by atoms with Gasteiger partial charge in [0.15, 0.2) is 0 Å². The predicted octanol–water partition coefficient (Wildman–Crippen LogP) is 3.84. The van der Waals surface area contributed by atoms with E-state index >= 15 is 0 Å². The number of benzene rings is 1.